The van der Waals surface area contributed by atoms with Crippen LogP contribution >= 0.6 is 22.9 Å². The van der Waals surface area contributed by atoms with Crippen LogP contribution in [-0.4, -0.2) is 26.2 Å². The van der Waals surface area contributed by atoms with Crippen molar-refractivity contribution < 1.29 is 9.32 Å². The summed E-state index contributed by atoms with van der Waals surface area (Å²) in [5.74, 6) is 0.697. The van der Waals surface area contributed by atoms with E-state index in [9.17, 15) is 4.79 Å². The molecule has 1 aromatic carbocycles. The summed E-state index contributed by atoms with van der Waals surface area (Å²) in [6, 6.07) is 7.12. The highest BCUT2D eigenvalue weighted by atomic mass is 35.5. The Labute approximate surface area is 140 Å². The molecule has 1 N–H and O–H groups in total. The van der Waals surface area contributed by atoms with Gasteiger partial charge in [-0.3, -0.25) is 4.79 Å². The van der Waals surface area contributed by atoms with Crippen LogP contribution in [0.25, 0.3) is 11.4 Å². The van der Waals surface area contributed by atoms with Gasteiger partial charge in [0, 0.05) is 23.4 Å². The number of halogens is 1. The smallest absolute Gasteiger partial charge is 0.227 e. The van der Waals surface area contributed by atoms with Gasteiger partial charge in [0.2, 0.25) is 22.8 Å². The van der Waals surface area contributed by atoms with Crippen molar-refractivity contribution in [1.29, 1.82) is 0 Å². The Bertz CT molecular complexity index is 815. The normalized spacial score (nSPS) is 10.7. The Morgan fingerprint density at radius 2 is 2.09 bits per heavy atom. The minimum atomic E-state index is -0.174. The molecule has 0 unspecified atom stereocenters. The van der Waals surface area contributed by atoms with Gasteiger partial charge >= 0.3 is 0 Å². The van der Waals surface area contributed by atoms with E-state index in [-0.39, 0.29) is 12.3 Å². The Hall–Kier alpha value is -2.32. The first kappa shape index (κ1) is 15.6. The number of aromatic nitrogens is 4. The Morgan fingerprint density at radius 3 is 2.78 bits per heavy atom. The van der Waals surface area contributed by atoms with E-state index in [0.717, 1.165) is 10.6 Å². The van der Waals surface area contributed by atoms with E-state index >= 15 is 0 Å². The van der Waals surface area contributed by atoms with Gasteiger partial charge in [0.25, 0.3) is 0 Å². The summed E-state index contributed by atoms with van der Waals surface area (Å²) >= 11 is 7.16. The summed E-state index contributed by atoms with van der Waals surface area (Å²) in [7, 11) is 0. The highest BCUT2D eigenvalue weighted by molar-refractivity contribution is 7.15. The zero-order chi connectivity index (χ0) is 16.2. The van der Waals surface area contributed by atoms with Crippen LogP contribution in [0, 0.1) is 6.92 Å². The van der Waals surface area contributed by atoms with Crippen LogP contribution < -0.4 is 5.32 Å². The first-order valence-corrected chi connectivity index (χ1v) is 7.98. The number of nitrogens with zero attached hydrogens (tertiary/aromatic N) is 4. The van der Waals surface area contributed by atoms with Crippen molar-refractivity contribution in [3.63, 3.8) is 0 Å². The lowest BCUT2D eigenvalue weighted by Crippen LogP contribution is -2.12. The van der Waals surface area contributed by atoms with Crippen molar-refractivity contribution in [2.24, 2.45) is 0 Å². The second-order valence-corrected chi connectivity index (χ2v) is 6.31. The van der Waals surface area contributed by atoms with E-state index in [1.54, 1.807) is 12.1 Å². The van der Waals surface area contributed by atoms with Crippen LogP contribution in [0.1, 0.15) is 17.3 Å². The zero-order valence-electron chi connectivity index (χ0n) is 12.1. The number of hydrogen-bond donors (Lipinski definition) is 1. The van der Waals surface area contributed by atoms with Crippen molar-refractivity contribution in [3.05, 3.63) is 40.2 Å². The lowest BCUT2D eigenvalue weighted by atomic mass is 10.2. The van der Waals surface area contributed by atoms with Crippen LogP contribution in [0.5, 0.6) is 0 Å². The quantitative estimate of drug-likeness (QED) is 0.760. The fourth-order valence-electron chi connectivity index (χ4n) is 1.82. The fraction of sp³-hybridized carbons (Fsp3) is 0.214. The number of carbonyl (C=O) groups excluding carboxylic acids is 1. The number of aryl methyl sites for hydroxylation is 2. The molecule has 0 aliphatic rings. The zero-order valence-corrected chi connectivity index (χ0v) is 13.7. The van der Waals surface area contributed by atoms with E-state index in [0.29, 0.717) is 28.3 Å². The lowest BCUT2D eigenvalue weighted by Gasteiger charge is -1.98. The molecule has 1 amide bonds. The van der Waals surface area contributed by atoms with Gasteiger partial charge in [0.05, 0.1) is 0 Å². The molecule has 0 saturated heterocycles. The number of nitrogens with one attached hydrogen (secondary N) is 1. The Morgan fingerprint density at radius 1 is 1.30 bits per heavy atom. The number of hydrogen-bond acceptors (Lipinski definition) is 7. The highest BCUT2D eigenvalue weighted by Gasteiger charge is 2.12. The standard InChI is InChI=1S/C14H12ClN5O2S/c1-8-18-19-14(23-8)16-11(21)6-7-12-17-13(20-22-12)9-2-4-10(15)5-3-9/h2-5H,6-7H2,1H3,(H,16,19,21). The fourth-order valence-corrected chi connectivity index (χ4v) is 2.56. The summed E-state index contributed by atoms with van der Waals surface area (Å²) in [6.07, 6.45) is 0.574. The number of carbonyl (C=O) groups is 1. The summed E-state index contributed by atoms with van der Waals surface area (Å²) < 4.78 is 5.15. The van der Waals surface area contributed by atoms with Crippen LogP contribution in [0.2, 0.25) is 5.02 Å². The van der Waals surface area contributed by atoms with Crippen molar-refractivity contribution in [1.82, 2.24) is 20.3 Å². The molecule has 3 aromatic rings. The number of anilines is 1. The molecule has 2 heterocycles. The van der Waals surface area contributed by atoms with Crippen molar-refractivity contribution >= 4 is 34.0 Å². The largest absolute Gasteiger partial charge is 0.339 e. The predicted octanol–water partition coefficient (Wildman–Crippen LogP) is 3.12. The second-order valence-electron chi connectivity index (χ2n) is 4.69. The molecule has 0 atom stereocenters. The Balaban J connectivity index is 1.56. The molecule has 23 heavy (non-hydrogen) atoms. The van der Waals surface area contributed by atoms with Crippen molar-refractivity contribution in [3.8, 4) is 11.4 Å². The molecule has 3 rings (SSSR count). The molecule has 0 saturated carbocycles. The minimum absolute atomic E-state index is 0.174. The van der Waals surface area contributed by atoms with Crippen LogP contribution in [0.15, 0.2) is 28.8 Å². The second kappa shape index (κ2) is 6.84. The van der Waals surface area contributed by atoms with Crippen molar-refractivity contribution in [2.75, 3.05) is 5.32 Å². The average molecular weight is 350 g/mol. The molecule has 0 aliphatic heterocycles. The van der Waals surface area contributed by atoms with Gasteiger partial charge in [0.15, 0.2) is 0 Å². The average Bonchev–Trinajstić information content (AvgIpc) is 3.15. The van der Waals surface area contributed by atoms with Gasteiger partial charge in [-0.2, -0.15) is 4.98 Å². The summed E-state index contributed by atoms with van der Waals surface area (Å²) in [6.45, 7) is 1.82. The topological polar surface area (TPSA) is 93.8 Å². The van der Waals surface area contributed by atoms with E-state index in [1.165, 1.54) is 11.3 Å². The Kier molecular flexibility index (Phi) is 4.63. The monoisotopic (exact) mass is 349 g/mol. The van der Waals surface area contributed by atoms with E-state index in [1.807, 2.05) is 19.1 Å². The molecule has 0 fully saturated rings. The van der Waals surface area contributed by atoms with E-state index in [4.69, 9.17) is 16.1 Å². The molecule has 118 valence electrons. The lowest BCUT2D eigenvalue weighted by molar-refractivity contribution is -0.116. The minimum Gasteiger partial charge on any atom is -0.339 e. The molecule has 7 nitrogen and oxygen atoms in total. The predicted molar refractivity (Wildman–Crippen MR) is 86.3 cm³/mol. The SMILES string of the molecule is Cc1nnc(NC(=O)CCc2nc(-c3ccc(Cl)cc3)no2)s1. The van der Waals surface area contributed by atoms with Gasteiger partial charge < -0.3 is 9.84 Å². The van der Waals surface area contributed by atoms with E-state index < -0.39 is 0 Å². The molecule has 0 radical (unpaired) electrons. The van der Waals surface area contributed by atoms with Gasteiger partial charge in [-0.05, 0) is 31.2 Å². The van der Waals surface area contributed by atoms with Gasteiger partial charge in [0.1, 0.15) is 5.01 Å². The maximum Gasteiger partial charge on any atom is 0.227 e. The van der Waals surface area contributed by atoms with Gasteiger partial charge in [-0.1, -0.05) is 28.1 Å². The summed E-state index contributed by atoms with van der Waals surface area (Å²) in [5.41, 5.74) is 0.804. The molecule has 2 aromatic heterocycles. The third-order valence-corrected chi connectivity index (χ3v) is 3.91. The first-order valence-electron chi connectivity index (χ1n) is 6.78. The molecular weight excluding hydrogens is 338 g/mol. The first-order chi connectivity index (χ1) is 11.1. The van der Waals surface area contributed by atoms with Crippen LogP contribution in [0.3, 0.4) is 0 Å². The third kappa shape index (κ3) is 4.11. The summed E-state index contributed by atoms with van der Waals surface area (Å²) in [4.78, 5) is 16.1. The van der Waals surface area contributed by atoms with Crippen LogP contribution in [-0.2, 0) is 11.2 Å². The van der Waals surface area contributed by atoms with Crippen LogP contribution in [0.4, 0.5) is 5.13 Å². The molecule has 0 spiro atoms. The molecule has 9 heteroatoms. The third-order valence-electron chi connectivity index (χ3n) is 2.91. The molecule has 0 aliphatic carbocycles. The summed E-state index contributed by atoms with van der Waals surface area (Å²) in [5, 5.41) is 16.2. The molecular formula is C14H12ClN5O2S. The van der Waals surface area contributed by atoms with Gasteiger partial charge in [-0.25, -0.2) is 0 Å². The number of rotatable bonds is 5. The molecule has 0 bridgehead atoms. The number of amides is 1. The van der Waals surface area contributed by atoms with Gasteiger partial charge in [-0.15, -0.1) is 10.2 Å². The number of benzene rings is 1. The van der Waals surface area contributed by atoms with Crippen molar-refractivity contribution in [2.45, 2.75) is 19.8 Å². The maximum atomic E-state index is 11.8. The van der Waals surface area contributed by atoms with E-state index in [2.05, 4.69) is 25.7 Å². The maximum absolute atomic E-state index is 11.8. The highest BCUT2D eigenvalue weighted by Crippen LogP contribution is 2.19.